The molecule has 1 aliphatic rings. The van der Waals surface area contributed by atoms with E-state index in [1.165, 1.54) is 28.8 Å². The Bertz CT molecular complexity index is 2110. The second kappa shape index (κ2) is 16.4. The molecule has 268 valence electrons. The zero-order valence-corrected chi connectivity index (χ0v) is 30.4. The van der Waals surface area contributed by atoms with Crippen LogP contribution >= 0.6 is 11.8 Å². The van der Waals surface area contributed by atoms with Crippen molar-refractivity contribution < 1.29 is 22.9 Å². The summed E-state index contributed by atoms with van der Waals surface area (Å²) in [4.78, 5) is 27.2. The van der Waals surface area contributed by atoms with E-state index in [0.717, 1.165) is 49.0 Å². The number of piperidine rings is 1. The first kappa shape index (κ1) is 36.6. The topological polar surface area (TPSA) is 131 Å². The molecule has 6 rings (SSSR count). The molecule has 5 aromatic carbocycles. The average molecular weight is 737 g/mol. The van der Waals surface area contributed by atoms with E-state index in [4.69, 9.17) is 4.74 Å². The van der Waals surface area contributed by atoms with E-state index in [0.29, 0.717) is 12.3 Å². The molecule has 0 atom stereocenters. The summed E-state index contributed by atoms with van der Waals surface area (Å²) >= 11 is 1.59. The molecule has 1 fully saturated rings. The molecule has 2 N–H and O–H groups in total. The molecule has 0 unspecified atom stereocenters. The number of benzene rings is 5. The Labute approximate surface area is 308 Å². The first-order valence-corrected chi connectivity index (χ1v) is 19.4. The highest BCUT2D eigenvalue weighted by Crippen LogP contribution is 2.35. The fourth-order valence-electron chi connectivity index (χ4n) is 6.46. The van der Waals surface area contributed by atoms with Crippen LogP contribution in [0.2, 0.25) is 0 Å². The van der Waals surface area contributed by atoms with Crippen LogP contribution in [0.1, 0.15) is 28.8 Å². The minimum Gasteiger partial charge on any atom is -0.379 e. The Morgan fingerprint density at radius 2 is 1.54 bits per heavy atom. The number of hydrogen-bond acceptors (Lipinski definition) is 9. The summed E-state index contributed by atoms with van der Waals surface area (Å²) in [7, 11) is -2.62. The maximum atomic E-state index is 13.2. The van der Waals surface area contributed by atoms with Crippen molar-refractivity contribution in [1.82, 2.24) is 4.72 Å². The molecule has 0 saturated carbocycles. The number of anilines is 2. The van der Waals surface area contributed by atoms with Crippen LogP contribution in [0.5, 0.6) is 0 Å². The first-order chi connectivity index (χ1) is 25.2. The Morgan fingerprint density at radius 1 is 0.885 bits per heavy atom. The molecule has 1 amide bonds. The maximum absolute atomic E-state index is 13.2. The lowest BCUT2D eigenvalue weighted by Crippen LogP contribution is -2.47. The highest BCUT2D eigenvalue weighted by Gasteiger charge is 2.35. The van der Waals surface area contributed by atoms with Crippen LogP contribution in [0, 0.1) is 10.1 Å². The van der Waals surface area contributed by atoms with Gasteiger partial charge in [-0.1, -0.05) is 72.8 Å². The number of nitro benzene ring substituents is 1. The Morgan fingerprint density at radius 3 is 2.21 bits per heavy atom. The van der Waals surface area contributed by atoms with Gasteiger partial charge in [0, 0.05) is 61.1 Å². The molecule has 0 aromatic heterocycles. The number of nitrogens with one attached hydrogen (secondary N) is 2. The molecule has 10 nitrogen and oxygen atoms in total. The van der Waals surface area contributed by atoms with Crippen molar-refractivity contribution in [3.63, 3.8) is 0 Å². The maximum Gasteiger partial charge on any atom is 0.293 e. The van der Waals surface area contributed by atoms with Crippen molar-refractivity contribution in [1.29, 1.82) is 0 Å². The minimum atomic E-state index is -4.40. The standard InChI is InChI=1S/C40H40N4O6S2/c1-50-40(29-32-12-8-9-15-36(32)30-10-4-2-5-11-30)22-25-43(26-23-40)33-18-16-31(17-19-33)39(45)42-52(48,49)35-20-21-37(38(28-35)44(46)47)41-24-27-51-34-13-6-3-7-14-34/h2-21,28,41H,22-27,29H2,1H3,(H,42,45). The summed E-state index contributed by atoms with van der Waals surface area (Å²) in [5, 5.41) is 14.8. The monoisotopic (exact) mass is 736 g/mol. The molecule has 0 aliphatic carbocycles. The van der Waals surface area contributed by atoms with Crippen LogP contribution in [0.3, 0.4) is 0 Å². The van der Waals surface area contributed by atoms with Crippen LogP contribution in [0.4, 0.5) is 17.1 Å². The number of nitrogens with zero attached hydrogens (tertiary/aromatic N) is 2. The summed E-state index contributed by atoms with van der Waals surface area (Å²) in [5.41, 5.74) is 4.16. The zero-order chi connectivity index (χ0) is 36.6. The van der Waals surface area contributed by atoms with Crippen LogP contribution in [-0.2, 0) is 21.2 Å². The number of rotatable bonds is 14. The SMILES string of the molecule is COC1(Cc2ccccc2-c2ccccc2)CCN(c2ccc(C(=O)NS(=O)(=O)c3ccc(NCCSc4ccccc4)c([N+](=O)[O-])c3)cc2)CC1. The highest BCUT2D eigenvalue weighted by atomic mass is 32.2. The number of carbonyl (C=O) groups is 1. The molecule has 0 spiro atoms. The van der Waals surface area contributed by atoms with Crippen molar-refractivity contribution in [3.8, 4) is 11.1 Å². The molecule has 1 heterocycles. The molecule has 12 heteroatoms. The summed E-state index contributed by atoms with van der Waals surface area (Å²) in [5.74, 6) is -0.185. The van der Waals surface area contributed by atoms with Gasteiger partial charge < -0.3 is 15.0 Å². The van der Waals surface area contributed by atoms with Crippen LogP contribution in [0.15, 0.2) is 137 Å². The quantitative estimate of drug-likeness (QED) is 0.0507. The van der Waals surface area contributed by atoms with Gasteiger partial charge in [0.15, 0.2) is 0 Å². The number of amides is 1. The molecule has 0 bridgehead atoms. The smallest absolute Gasteiger partial charge is 0.293 e. The zero-order valence-electron chi connectivity index (χ0n) is 28.7. The second-order valence-electron chi connectivity index (χ2n) is 12.6. The van der Waals surface area contributed by atoms with Gasteiger partial charge in [-0.05, 0) is 78.1 Å². The third kappa shape index (κ3) is 8.82. The first-order valence-electron chi connectivity index (χ1n) is 17.0. The average Bonchev–Trinajstić information content (AvgIpc) is 3.17. The molecular weight excluding hydrogens is 697 g/mol. The van der Waals surface area contributed by atoms with E-state index >= 15 is 0 Å². The van der Waals surface area contributed by atoms with E-state index in [2.05, 4.69) is 51.3 Å². The van der Waals surface area contributed by atoms with Gasteiger partial charge >= 0.3 is 0 Å². The van der Waals surface area contributed by atoms with Crippen molar-refractivity contribution in [3.05, 3.63) is 149 Å². The fraction of sp³-hybridized carbons (Fsp3) is 0.225. The largest absolute Gasteiger partial charge is 0.379 e. The lowest BCUT2D eigenvalue weighted by atomic mass is 9.82. The number of ether oxygens (including phenoxy) is 1. The van der Waals surface area contributed by atoms with Crippen molar-refractivity contribution in [2.45, 2.75) is 34.7 Å². The van der Waals surface area contributed by atoms with Gasteiger partial charge in [0.05, 0.1) is 15.4 Å². The van der Waals surface area contributed by atoms with Crippen LogP contribution in [0.25, 0.3) is 11.1 Å². The number of methoxy groups -OCH3 is 1. The molecule has 1 aliphatic heterocycles. The molecule has 0 radical (unpaired) electrons. The molecule has 1 saturated heterocycles. The summed E-state index contributed by atoms with van der Waals surface area (Å²) in [6, 6.07) is 38.9. The van der Waals surface area contributed by atoms with E-state index < -0.39 is 26.5 Å². The second-order valence-corrected chi connectivity index (χ2v) is 15.4. The normalized spacial score (nSPS) is 14.1. The third-order valence-corrected chi connectivity index (χ3v) is 11.7. The molecule has 5 aromatic rings. The van der Waals surface area contributed by atoms with Gasteiger partial charge in [-0.25, -0.2) is 13.1 Å². The van der Waals surface area contributed by atoms with Crippen LogP contribution < -0.4 is 14.9 Å². The molecule has 52 heavy (non-hydrogen) atoms. The van der Waals surface area contributed by atoms with E-state index in [1.807, 2.05) is 48.5 Å². The predicted molar refractivity (Wildman–Crippen MR) is 207 cm³/mol. The Kier molecular flexibility index (Phi) is 11.6. The minimum absolute atomic E-state index is 0.150. The number of nitro groups is 1. The number of hydrogen-bond donors (Lipinski definition) is 2. The van der Waals surface area contributed by atoms with Crippen molar-refractivity contribution in [2.75, 3.05) is 42.7 Å². The lowest BCUT2D eigenvalue weighted by molar-refractivity contribution is -0.384. The van der Waals surface area contributed by atoms with E-state index in [9.17, 15) is 23.3 Å². The predicted octanol–water partition coefficient (Wildman–Crippen LogP) is 7.81. The van der Waals surface area contributed by atoms with Gasteiger partial charge in [-0.2, -0.15) is 0 Å². The van der Waals surface area contributed by atoms with Crippen molar-refractivity contribution >= 4 is 44.8 Å². The molecular formula is C40H40N4O6S2. The summed E-state index contributed by atoms with van der Waals surface area (Å²) in [6.07, 6.45) is 2.40. The Balaban J connectivity index is 1.06. The third-order valence-electron chi connectivity index (χ3n) is 9.35. The van der Waals surface area contributed by atoms with Gasteiger partial charge in [0.25, 0.3) is 21.6 Å². The van der Waals surface area contributed by atoms with E-state index in [1.54, 1.807) is 43.1 Å². The Hall–Kier alpha value is -5.17. The van der Waals surface area contributed by atoms with Gasteiger partial charge in [-0.15, -0.1) is 11.8 Å². The van der Waals surface area contributed by atoms with Crippen LogP contribution in [-0.4, -0.2) is 57.3 Å². The highest BCUT2D eigenvalue weighted by molar-refractivity contribution is 7.99. The van der Waals surface area contributed by atoms with Gasteiger partial charge in [-0.3, -0.25) is 14.9 Å². The summed E-state index contributed by atoms with van der Waals surface area (Å²) < 4.78 is 34.6. The fourth-order valence-corrected chi connectivity index (χ4v) is 8.24. The van der Waals surface area contributed by atoms with Gasteiger partial charge in [0.1, 0.15) is 5.69 Å². The lowest BCUT2D eigenvalue weighted by Gasteiger charge is -2.42. The van der Waals surface area contributed by atoms with Gasteiger partial charge in [0.2, 0.25) is 0 Å². The number of carbonyl (C=O) groups excluding carboxylic acids is 1. The van der Waals surface area contributed by atoms with Crippen molar-refractivity contribution in [2.24, 2.45) is 0 Å². The number of sulfonamides is 1. The number of thioether (sulfide) groups is 1. The summed E-state index contributed by atoms with van der Waals surface area (Å²) in [6.45, 7) is 1.92. The van der Waals surface area contributed by atoms with E-state index in [-0.39, 0.29) is 21.7 Å².